The molecule has 0 saturated carbocycles. The lowest BCUT2D eigenvalue weighted by molar-refractivity contribution is -0.118. The van der Waals surface area contributed by atoms with Crippen molar-refractivity contribution in [1.82, 2.24) is 0 Å². The summed E-state index contributed by atoms with van der Waals surface area (Å²) in [5.41, 5.74) is 3.61. The molecule has 1 aromatic carbocycles. The van der Waals surface area contributed by atoms with E-state index in [4.69, 9.17) is 0 Å². The molecule has 16 heavy (non-hydrogen) atoms. The zero-order valence-electron chi connectivity index (χ0n) is 9.86. The van der Waals surface area contributed by atoms with E-state index in [9.17, 15) is 4.79 Å². The van der Waals surface area contributed by atoms with Crippen LogP contribution < -0.4 is 4.90 Å². The van der Waals surface area contributed by atoms with Crippen LogP contribution in [0.2, 0.25) is 0 Å². The van der Waals surface area contributed by atoms with Gasteiger partial charge in [0, 0.05) is 18.7 Å². The third-order valence-corrected chi connectivity index (χ3v) is 2.87. The van der Waals surface area contributed by atoms with Gasteiger partial charge in [-0.1, -0.05) is 29.8 Å². The van der Waals surface area contributed by atoms with Crippen LogP contribution in [-0.2, 0) is 11.2 Å². The number of amides is 1. The third-order valence-electron chi connectivity index (χ3n) is 2.87. The molecule has 0 saturated heterocycles. The first kappa shape index (κ1) is 10.9. The monoisotopic (exact) mass is 215 g/mol. The molecule has 1 amide bonds. The van der Waals surface area contributed by atoms with Crippen LogP contribution in [0.15, 0.2) is 35.9 Å². The fourth-order valence-electron chi connectivity index (χ4n) is 1.97. The highest BCUT2D eigenvalue weighted by Gasteiger charge is 2.22. The molecule has 1 aromatic rings. The minimum absolute atomic E-state index is 0.233. The Kier molecular flexibility index (Phi) is 3.09. The fraction of sp³-hybridized carbons (Fsp3) is 0.357. The number of carbonyl (C=O) groups excluding carboxylic acids is 1. The van der Waals surface area contributed by atoms with Crippen molar-refractivity contribution < 1.29 is 4.79 Å². The molecular weight excluding hydrogens is 198 g/mol. The first-order valence-electron chi connectivity index (χ1n) is 5.70. The number of anilines is 1. The number of benzene rings is 1. The Morgan fingerprint density at radius 3 is 2.81 bits per heavy atom. The molecule has 0 fully saturated rings. The summed E-state index contributed by atoms with van der Waals surface area (Å²) < 4.78 is 0. The Balaban J connectivity index is 2.30. The standard InChI is InChI=1S/C14H17NO/c1-11(2)9-10-15-13-6-4-3-5-12(13)7-8-14(15)16/h3-6,9H,7-8,10H2,1-2H3. The zero-order valence-corrected chi connectivity index (χ0v) is 9.86. The van der Waals surface area contributed by atoms with E-state index in [1.54, 1.807) is 0 Å². The van der Waals surface area contributed by atoms with Crippen LogP contribution in [-0.4, -0.2) is 12.5 Å². The molecule has 0 radical (unpaired) electrons. The van der Waals surface area contributed by atoms with Gasteiger partial charge in [-0.05, 0) is 31.9 Å². The first-order chi connectivity index (χ1) is 7.68. The summed E-state index contributed by atoms with van der Waals surface area (Å²) in [6, 6.07) is 8.17. The van der Waals surface area contributed by atoms with E-state index >= 15 is 0 Å². The van der Waals surface area contributed by atoms with E-state index in [-0.39, 0.29) is 5.91 Å². The predicted octanol–water partition coefficient (Wildman–Crippen LogP) is 2.93. The summed E-state index contributed by atoms with van der Waals surface area (Å²) in [6.07, 6.45) is 3.61. The van der Waals surface area contributed by atoms with Crippen molar-refractivity contribution in [2.45, 2.75) is 26.7 Å². The first-order valence-corrected chi connectivity index (χ1v) is 5.70. The SMILES string of the molecule is CC(C)=CCN1C(=O)CCc2ccccc21. The van der Waals surface area contributed by atoms with Crippen molar-refractivity contribution >= 4 is 11.6 Å². The minimum Gasteiger partial charge on any atom is -0.308 e. The van der Waals surface area contributed by atoms with E-state index in [1.165, 1.54) is 11.1 Å². The van der Waals surface area contributed by atoms with Gasteiger partial charge in [0.25, 0.3) is 0 Å². The largest absolute Gasteiger partial charge is 0.308 e. The zero-order chi connectivity index (χ0) is 11.5. The third kappa shape index (κ3) is 2.16. The van der Waals surface area contributed by atoms with Gasteiger partial charge in [0.15, 0.2) is 0 Å². The quantitative estimate of drug-likeness (QED) is 0.695. The van der Waals surface area contributed by atoms with Gasteiger partial charge >= 0.3 is 0 Å². The number of para-hydroxylation sites is 1. The van der Waals surface area contributed by atoms with Crippen molar-refractivity contribution in [3.8, 4) is 0 Å². The number of allylic oxidation sites excluding steroid dienone is 1. The Morgan fingerprint density at radius 2 is 2.06 bits per heavy atom. The summed E-state index contributed by atoms with van der Waals surface area (Å²) in [5.74, 6) is 0.233. The van der Waals surface area contributed by atoms with Gasteiger partial charge in [0.2, 0.25) is 5.91 Å². The number of rotatable bonds is 2. The Morgan fingerprint density at radius 1 is 1.31 bits per heavy atom. The van der Waals surface area contributed by atoms with Crippen molar-refractivity contribution in [1.29, 1.82) is 0 Å². The lowest BCUT2D eigenvalue weighted by Gasteiger charge is -2.28. The highest BCUT2D eigenvalue weighted by Crippen LogP contribution is 2.27. The molecule has 1 heterocycles. The Labute approximate surface area is 96.6 Å². The average molecular weight is 215 g/mol. The number of hydrogen-bond donors (Lipinski definition) is 0. The topological polar surface area (TPSA) is 20.3 Å². The summed E-state index contributed by atoms with van der Waals surface area (Å²) in [4.78, 5) is 13.7. The van der Waals surface area contributed by atoms with E-state index in [1.807, 2.05) is 23.1 Å². The number of nitrogens with zero attached hydrogens (tertiary/aromatic N) is 1. The van der Waals surface area contributed by atoms with Crippen LogP contribution in [0.4, 0.5) is 5.69 Å². The van der Waals surface area contributed by atoms with Crippen LogP contribution in [0.5, 0.6) is 0 Å². The van der Waals surface area contributed by atoms with E-state index in [0.717, 1.165) is 12.1 Å². The normalized spacial score (nSPS) is 14.6. The van der Waals surface area contributed by atoms with E-state index < -0.39 is 0 Å². The molecule has 1 aliphatic rings. The maximum absolute atomic E-state index is 11.9. The maximum Gasteiger partial charge on any atom is 0.227 e. The highest BCUT2D eigenvalue weighted by molar-refractivity contribution is 5.96. The lowest BCUT2D eigenvalue weighted by Crippen LogP contribution is -2.35. The second-order valence-corrected chi connectivity index (χ2v) is 4.41. The molecule has 1 aliphatic heterocycles. The highest BCUT2D eigenvalue weighted by atomic mass is 16.2. The second kappa shape index (κ2) is 4.52. The molecular formula is C14H17NO. The molecule has 84 valence electrons. The molecule has 0 atom stereocenters. The van der Waals surface area contributed by atoms with E-state index in [2.05, 4.69) is 26.0 Å². The van der Waals surface area contributed by atoms with Gasteiger partial charge in [0.05, 0.1) is 0 Å². The molecule has 2 heteroatoms. The van der Waals surface area contributed by atoms with Gasteiger partial charge in [-0.3, -0.25) is 4.79 Å². The van der Waals surface area contributed by atoms with Crippen LogP contribution in [0.25, 0.3) is 0 Å². The van der Waals surface area contributed by atoms with Gasteiger partial charge in [-0.25, -0.2) is 0 Å². The maximum atomic E-state index is 11.9. The summed E-state index contributed by atoms with van der Waals surface area (Å²) in [5, 5.41) is 0. The number of hydrogen-bond acceptors (Lipinski definition) is 1. The van der Waals surface area contributed by atoms with Gasteiger partial charge < -0.3 is 4.90 Å². The smallest absolute Gasteiger partial charge is 0.227 e. The molecule has 0 bridgehead atoms. The Bertz CT molecular complexity index is 430. The lowest BCUT2D eigenvalue weighted by atomic mass is 10.0. The Hall–Kier alpha value is -1.57. The number of carbonyl (C=O) groups is 1. The van der Waals surface area contributed by atoms with E-state index in [0.29, 0.717) is 13.0 Å². The predicted molar refractivity (Wildman–Crippen MR) is 66.5 cm³/mol. The molecule has 2 rings (SSSR count). The van der Waals surface area contributed by atoms with Crippen LogP contribution in [0, 0.1) is 0 Å². The van der Waals surface area contributed by atoms with Gasteiger partial charge in [-0.2, -0.15) is 0 Å². The summed E-state index contributed by atoms with van der Waals surface area (Å²) in [7, 11) is 0. The molecule has 0 aromatic heterocycles. The van der Waals surface area contributed by atoms with Crippen molar-refractivity contribution in [2.75, 3.05) is 11.4 Å². The van der Waals surface area contributed by atoms with Gasteiger partial charge in [0.1, 0.15) is 0 Å². The van der Waals surface area contributed by atoms with Crippen molar-refractivity contribution in [3.63, 3.8) is 0 Å². The molecule has 0 unspecified atom stereocenters. The summed E-state index contributed by atoms with van der Waals surface area (Å²) >= 11 is 0. The fourth-order valence-corrected chi connectivity index (χ4v) is 1.97. The molecule has 0 N–H and O–H groups in total. The van der Waals surface area contributed by atoms with Crippen molar-refractivity contribution in [3.05, 3.63) is 41.5 Å². The number of fused-ring (bicyclic) bond motifs is 1. The summed E-state index contributed by atoms with van der Waals surface area (Å²) in [6.45, 7) is 4.80. The van der Waals surface area contributed by atoms with Crippen LogP contribution in [0.3, 0.4) is 0 Å². The average Bonchev–Trinajstić information content (AvgIpc) is 2.27. The molecule has 0 aliphatic carbocycles. The molecule has 0 spiro atoms. The van der Waals surface area contributed by atoms with Crippen LogP contribution >= 0.6 is 0 Å². The number of aryl methyl sites for hydroxylation is 1. The second-order valence-electron chi connectivity index (χ2n) is 4.41. The van der Waals surface area contributed by atoms with Crippen LogP contribution in [0.1, 0.15) is 25.8 Å². The van der Waals surface area contributed by atoms with Crippen molar-refractivity contribution in [2.24, 2.45) is 0 Å². The molecule has 2 nitrogen and oxygen atoms in total. The van der Waals surface area contributed by atoms with Gasteiger partial charge in [-0.15, -0.1) is 0 Å². The minimum atomic E-state index is 0.233.